The maximum atomic E-state index is 12.3. The van der Waals surface area contributed by atoms with Gasteiger partial charge in [-0.3, -0.25) is 4.79 Å². The largest absolute Gasteiger partial charge is 0.351 e. The first-order chi connectivity index (χ1) is 9.75. The van der Waals surface area contributed by atoms with Crippen molar-refractivity contribution in [1.29, 1.82) is 0 Å². The monoisotopic (exact) mass is 261 g/mol. The lowest BCUT2D eigenvalue weighted by atomic mass is 9.89. The number of nitrogens with one attached hydrogen (secondary N) is 1. The Morgan fingerprint density at radius 1 is 1.15 bits per heavy atom. The van der Waals surface area contributed by atoms with E-state index in [2.05, 4.69) is 15.0 Å². The number of imidazole rings is 1. The molecule has 20 heavy (non-hydrogen) atoms. The molecule has 1 aliphatic carbocycles. The van der Waals surface area contributed by atoms with E-state index in [0.717, 1.165) is 33.1 Å². The van der Waals surface area contributed by atoms with Crippen LogP contribution >= 0.6 is 0 Å². The maximum Gasteiger partial charge on any atom is 0.189 e. The van der Waals surface area contributed by atoms with Gasteiger partial charge in [-0.2, -0.15) is 0 Å². The van der Waals surface area contributed by atoms with Crippen LogP contribution in [0.1, 0.15) is 12.6 Å². The van der Waals surface area contributed by atoms with Crippen LogP contribution in [-0.4, -0.2) is 15.8 Å². The van der Waals surface area contributed by atoms with Crippen LogP contribution in [0.3, 0.4) is 0 Å². The third-order valence-electron chi connectivity index (χ3n) is 3.62. The first kappa shape index (κ1) is 11.1. The van der Waals surface area contributed by atoms with Crippen molar-refractivity contribution in [3.05, 3.63) is 70.4 Å². The summed E-state index contributed by atoms with van der Waals surface area (Å²) in [4.78, 5) is 24.2. The minimum atomic E-state index is 0.0190. The summed E-state index contributed by atoms with van der Waals surface area (Å²) in [5.74, 6) is 0.0190. The number of fused-ring (bicyclic) bond motifs is 2. The second kappa shape index (κ2) is 3.87. The van der Waals surface area contributed by atoms with E-state index in [1.165, 1.54) is 0 Å². The molecule has 0 amide bonds. The van der Waals surface area contributed by atoms with Crippen molar-refractivity contribution in [1.82, 2.24) is 9.97 Å². The van der Waals surface area contributed by atoms with Gasteiger partial charge >= 0.3 is 0 Å². The number of aromatic nitrogens is 2. The summed E-state index contributed by atoms with van der Waals surface area (Å²) in [6.45, 7) is 1.92. The van der Waals surface area contributed by atoms with Crippen molar-refractivity contribution in [2.24, 2.45) is 4.99 Å². The topological polar surface area (TPSA) is 58.1 Å². The highest BCUT2D eigenvalue weighted by molar-refractivity contribution is 6.30. The molecule has 4 heteroatoms. The standard InChI is InChI=1S/C16H11N3O/c1-9-6-13(20)15-10-4-2-3-5-11(10)19-16(15)14(9)12-7-17-8-18-12/h2-8H,1H3,(H,17,18). The fourth-order valence-electron chi connectivity index (χ4n) is 2.76. The van der Waals surface area contributed by atoms with Gasteiger partial charge in [-0.05, 0) is 24.6 Å². The SMILES string of the molecule is CC1=CC(=O)C2=c3ccccc3=NC2=C1c1c[nH]cn1. The van der Waals surface area contributed by atoms with Crippen LogP contribution in [-0.2, 0) is 4.79 Å². The van der Waals surface area contributed by atoms with Crippen molar-refractivity contribution in [3.8, 4) is 0 Å². The molecule has 1 aliphatic heterocycles. The zero-order valence-electron chi connectivity index (χ0n) is 10.8. The molecule has 1 N–H and O–H groups in total. The molecule has 0 saturated carbocycles. The van der Waals surface area contributed by atoms with E-state index in [9.17, 15) is 4.79 Å². The van der Waals surface area contributed by atoms with Gasteiger partial charge in [0, 0.05) is 17.0 Å². The molecule has 2 aromatic rings. The first-order valence-corrected chi connectivity index (χ1v) is 6.40. The zero-order valence-corrected chi connectivity index (χ0v) is 10.8. The third kappa shape index (κ3) is 1.39. The molecule has 2 aliphatic rings. The van der Waals surface area contributed by atoms with Gasteiger partial charge in [0.2, 0.25) is 0 Å². The molecule has 1 aromatic heterocycles. The number of ketones is 1. The molecule has 0 unspecified atom stereocenters. The van der Waals surface area contributed by atoms with Crippen molar-refractivity contribution in [2.45, 2.75) is 6.92 Å². The predicted octanol–water partition coefficient (Wildman–Crippen LogP) is 1.13. The van der Waals surface area contributed by atoms with Gasteiger partial charge in [-0.1, -0.05) is 18.2 Å². The average molecular weight is 261 g/mol. The van der Waals surface area contributed by atoms with Crippen LogP contribution in [0.25, 0.3) is 11.1 Å². The summed E-state index contributed by atoms with van der Waals surface area (Å²) in [5.41, 5.74) is 4.07. The molecule has 4 nitrogen and oxygen atoms in total. The van der Waals surface area contributed by atoms with E-state index >= 15 is 0 Å². The molecule has 0 bridgehead atoms. The van der Waals surface area contributed by atoms with Crippen LogP contribution in [0.4, 0.5) is 0 Å². The van der Waals surface area contributed by atoms with Crippen molar-refractivity contribution in [3.63, 3.8) is 0 Å². The third-order valence-corrected chi connectivity index (χ3v) is 3.62. The highest BCUT2D eigenvalue weighted by Gasteiger charge is 2.28. The lowest BCUT2D eigenvalue weighted by Crippen LogP contribution is -2.24. The van der Waals surface area contributed by atoms with E-state index in [-0.39, 0.29) is 5.78 Å². The second-order valence-electron chi connectivity index (χ2n) is 4.87. The Labute approximate surface area is 114 Å². The normalized spacial score (nSPS) is 16.8. The van der Waals surface area contributed by atoms with Crippen LogP contribution in [0.15, 0.2) is 59.1 Å². The molecular weight excluding hydrogens is 250 g/mol. The summed E-state index contributed by atoms with van der Waals surface area (Å²) >= 11 is 0. The number of benzene rings is 1. The van der Waals surface area contributed by atoms with Gasteiger partial charge in [-0.25, -0.2) is 9.98 Å². The molecule has 0 radical (unpaired) electrons. The van der Waals surface area contributed by atoms with Crippen LogP contribution in [0.2, 0.25) is 0 Å². The van der Waals surface area contributed by atoms with Gasteiger partial charge in [-0.15, -0.1) is 0 Å². The van der Waals surface area contributed by atoms with Crippen molar-refractivity contribution in [2.75, 3.05) is 0 Å². The molecule has 0 atom stereocenters. The summed E-state index contributed by atoms with van der Waals surface area (Å²) in [6.07, 6.45) is 5.13. The summed E-state index contributed by atoms with van der Waals surface area (Å²) in [7, 11) is 0. The first-order valence-electron chi connectivity index (χ1n) is 6.40. The van der Waals surface area contributed by atoms with Crippen molar-refractivity contribution < 1.29 is 4.79 Å². The summed E-state index contributed by atoms with van der Waals surface area (Å²) in [5, 5.41) is 1.76. The second-order valence-corrected chi connectivity index (χ2v) is 4.87. The molecule has 2 heterocycles. The van der Waals surface area contributed by atoms with E-state index in [4.69, 9.17) is 0 Å². The Morgan fingerprint density at radius 2 is 2.00 bits per heavy atom. The van der Waals surface area contributed by atoms with Crippen LogP contribution in [0, 0.1) is 0 Å². The quantitative estimate of drug-likeness (QED) is 0.836. The van der Waals surface area contributed by atoms with Gasteiger partial charge < -0.3 is 4.98 Å². The molecule has 0 saturated heterocycles. The highest BCUT2D eigenvalue weighted by Crippen LogP contribution is 2.35. The lowest BCUT2D eigenvalue weighted by Gasteiger charge is -2.15. The van der Waals surface area contributed by atoms with Gasteiger partial charge in [0.05, 0.1) is 28.6 Å². The van der Waals surface area contributed by atoms with Crippen LogP contribution < -0.4 is 10.6 Å². The summed E-state index contributed by atoms with van der Waals surface area (Å²) in [6, 6.07) is 7.73. The van der Waals surface area contributed by atoms with Crippen molar-refractivity contribution >= 4 is 16.9 Å². The van der Waals surface area contributed by atoms with E-state index < -0.39 is 0 Å². The van der Waals surface area contributed by atoms with E-state index in [0.29, 0.717) is 5.57 Å². The zero-order chi connectivity index (χ0) is 13.7. The Balaban J connectivity index is 2.14. The van der Waals surface area contributed by atoms with Crippen LogP contribution in [0.5, 0.6) is 0 Å². The number of hydrogen-bond acceptors (Lipinski definition) is 3. The maximum absolute atomic E-state index is 12.3. The lowest BCUT2D eigenvalue weighted by molar-refractivity contribution is -0.109. The molecule has 4 rings (SSSR count). The fraction of sp³-hybridized carbons (Fsp3) is 0.0625. The van der Waals surface area contributed by atoms with Gasteiger partial charge in [0.25, 0.3) is 0 Å². The number of hydrogen-bond donors (Lipinski definition) is 1. The number of nitrogens with zero attached hydrogens (tertiary/aromatic N) is 2. The molecular formula is C16H11N3O. The Kier molecular flexibility index (Phi) is 2.15. The minimum Gasteiger partial charge on any atom is -0.351 e. The smallest absolute Gasteiger partial charge is 0.189 e. The minimum absolute atomic E-state index is 0.0190. The average Bonchev–Trinajstić information content (AvgIpc) is 3.05. The summed E-state index contributed by atoms with van der Waals surface area (Å²) < 4.78 is 0. The number of H-pyrrole nitrogens is 1. The fourth-order valence-corrected chi connectivity index (χ4v) is 2.76. The van der Waals surface area contributed by atoms with Gasteiger partial charge in [0.1, 0.15) is 0 Å². The molecule has 96 valence electrons. The number of rotatable bonds is 1. The Morgan fingerprint density at radius 3 is 2.80 bits per heavy atom. The molecule has 1 aromatic carbocycles. The van der Waals surface area contributed by atoms with Gasteiger partial charge in [0.15, 0.2) is 5.78 Å². The molecule has 0 spiro atoms. The number of para-hydroxylation sites is 1. The number of allylic oxidation sites excluding steroid dienone is 4. The number of aromatic amines is 1. The number of carbonyl (C=O) groups excluding carboxylic acids is 1. The van der Waals surface area contributed by atoms with E-state index in [1.807, 2.05) is 37.4 Å². The molecule has 0 fully saturated rings. The van der Waals surface area contributed by atoms with E-state index in [1.54, 1.807) is 12.4 Å². The number of carbonyl (C=O) groups is 1. The predicted molar refractivity (Wildman–Crippen MR) is 74.9 cm³/mol. The highest BCUT2D eigenvalue weighted by atomic mass is 16.1. The Hall–Kier alpha value is -2.75. The Bertz CT molecular complexity index is 915.